The van der Waals surface area contributed by atoms with E-state index in [-0.39, 0.29) is 49.1 Å². The molecular formula is C34H37F5N2O7. The molecule has 0 saturated carbocycles. The molecule has 0 aliphatic heterocycles. The van der Waals surface area contributed by atoms with Crippen LogP contribution in [0.15, 0.2) is 66.7 Å². The lowest BCUT2D eigenvalue weighted by molar-refractivity contribution is -0.185. The fraction of sp³-hybridized carbons (Fsp3) is 0.353. The van der Waals surface area contributed by atoms with Crippen molar-refractivity contribution in [1.29, 1.82) is 0 Å². The maximum absolute atomic E-state index is 14.9. The normalized spacial score (nSPS) is 11.7. The molecule has 3 aromatic carbocycles. The zero-order valence-corrected chi connectivity index (χ0v) is 26.2. The molecule has 48 heavy (non-hydrogen) atoms. The van der Waals surface area contributed by atoms with Crippen molar-refractivity contribution in [3.63, 3.8) is 0 Å². The van der Waals surface area contributed by atoms with Gasteiger partial charge in [-0.15, -0.1) is 0 Å². The Morgan fingerprint density at radius 3 is 2.02 bits per heavy atom. The number of hydrogen-bond donors (Lipinski definition) is 2. The van der Waals surface area contributed by atoms with E-state index in [1.165, 1.54) is 61.7 Å². The number of anilines is 2. The van der Waals surface area contributed by atoms with Gasteiger partial charge in [0.1, 0.15) is 5.75 Å². The van der Waals surface area contributed by atoms with Crippen molar-refractivity contribution in [2.45, 2.75) is 50.8 Å². The predicted molar refractivity (Wildman–Crippen MR) is 169 cm³/mol. The Morgan fingerprint density at radius 1 is 0.750 bits per heavy atom. The Balaban J connectivity index is 1.36. The molecule has 0 aromatic heterocycles. The summed E-state index contributed by atoms with van der Waals surface area (Å²) in [6.45, 7) is 0.157. The molecular weight excluding hydrogens is 643 g/mol. The number of esters is 2. The molecule has 0 spiro atoms. The van der Waals surface area contributed by atoms with Crippen LogP contribution in [0.25, 0.3) is 6.08 Å². The highest BCUT2D eigenvalue weighted by Crippen LogP contribution is 2.37. The van der Waals surface area contributed by atoms with Gasteiger partial charge in [0.2, 0.25) is 0 Å². The maximum Gasteiger partial charge on any atom is 0.426 e. The topological polar surface area (TPSA) is 132 Å². The van der Waals surface area contributed by atoms with Crippen LogP contribution in [0, 0.1) is 0 Å². The van der Waals surface area contributed by atoms with Gasteiger partial charge in [-0.25, -0.2) is 9.59 Å². The van der Waals surface area contributed by atoms with Crippen molar-refractivity contribution in [2.75, 3.05) is 38.4 Å². The summed E-state index contributed by atoms with van der Waals surface area (Å²) in [5.41, 5.74) is 12.4. The van der Waals surface area contributed by atoms with Crippen LogP contribution in [0.5, 0.6) is 17.2 Å². The SMILES string of the molecule is COc1cc(C(F)(F)Oc2ccc(C=CC(=O)OCCCCCCOC(=O)c3cc(N)cc(N)c3)cc2)ccc1OCCCC(F)(F)F. The van der Waals surface area contributed by atoms with Crippen LogP contribution in [0.4, 0.5) is 33.3 Å². The van der Waals surface area contributed by atoms with Crippen molar-refractivity contribution in [3.05, 3.63) is 83.4 Å². The second-order valence-corrected chi connectivity index (χ2v) is 10.6. The fourth-order valence-corrected chi connectivity index (χ4v) is 4.26. The number of methoxy groups -OCH3 is 1. The third-order valence-corrected chi connectivity index (χ3v) is 6.63. The minimum absolute atomic E-state index is 0.0200. The second-order valence-electron chi connectivity index (χ2n) is 10.6. The number of carbonyl (C=O) groups is 2. The number of hydrogen-bond acceptors (Lipinski definition) is 9. The summed E-state index contributed by atoms with van der Waals surface area (Å²) in [6, 6.07) is 13.3. The standard InChI is InChI=1S/C34H37F5N2O7/c1-44-30-21-25(10-13-29(30)45-18-6-15-33(35,36)37)34(38,39)48-28-11-7-23(8-12-28)9-14-31(42)46-16-4-2-3-5-17-47-32(43)24-19-26(40)22-27(41)20-24/h7-14,19-22H,2-6,15-18,40-41H2,1H3. The first kappa shape index (κ1) is 37.4. The first-order valence-corrected chi connectivity index (χ1v) is 15.0. The first-order chi connectivity index (χ1) is 22.8. The smallest absolute Gasteiger partial charge is 0.426 e. The molecule has 0 fully saturated rings. The fourth-order valence-electron chi connectivity index (χ4n) is 4.26. The van der Waals surface area contributed by atoms with Crippen LogP contribution in [-0.4, -0.2) is 45.0 Å². The van der Waals surface area contributed by atoms with E-state index in [0.717, 1.165) is 25.0 Å². The lowest BCUT2D eigenvalue weighted by Crippen LogP contribution is -2.22. The Kier molecular flexibility index (Phi) is 13.9. The zero-order chi connectivity index (χ0) is 35.2. The van der Waals surface area contributed by atoms with Crippen LogP contribution in [0.1, 0.15) is 60.0 Å². The molecule has 9 nitrogen and oxygen atoms in total. The van der Waals surface area contributed by atoms with Gasteiger partial charge in [-0.3, -0.25) is 0 Å². The minimum Gasteiger partial charge on any atom is -0.493 e. The van der Waals surface area contributed by atoms with E-state index >= 15 is 0 Å². The summed E-state index contributed by atoms with van der Waals surface area (Å²) in [7, 11) is 1.22. The lowest BCUT2D eigenvalue weighted by Gasteiger charge is -2.20. The molecule has 0 unspecified atom stereocenters. The molecule has 3 rings (SSSR count). The van der Waals surface area contributed by atoms with Crippen molar-refractivity contribution in [1.82, 2.24) is 0 Å². The zero-order valence-electron chi connectivity index (χ0n) is 26.2. The number of rotatable bonds is 18. The molecule has 0 aliphatic rings. The van der Waals surface area contributed by atoms with E-state index < -0.39 is 36.2 Å². The van der Waals surface area contributed by atoms with E-state index in [1.807, 2.05) is 0 Å². The highest BCUT2D eigenvalue weighted by atomic mass is 19.4. The molecule has 4 N–H and O–H groups in total. The molecule has 14 heteroatoms. The quantitative estimate of drug-likeness (QED) is 0.0456. The van der Waals surface area contributed by atoms with E-state index in [0.29, 0.717) is 29.8 Å². The second kappa shape index (κ2) is 17.8. The van der Waals surface area contributed by atoms with Gasteiger partial charge < -0.3 is 35.2 Å². The number of halogens is 5. The number of unbranched alkanes of at least 4 members (excludes halogenated alkanes) is 3. The molecule has 0 heterocycles. The summed E-state index contributed by atoms with van der Waals surface area (Å²) >= 11 is 0. The van der Waals surface area contributed by atoms with Gasteiger partial charge in [0, 0.05) is 23.9 Å². The van der Waals surface area contributed by atoms with Crippen molar-refractivity contribution in [3.8, 4) is 17.2 Å². The molecule has 0 aliphatic carbocycles. The van der Waals surface area contributed by atoms with Crippen LogP contribution in [0.2, 0.25) is 0 Å². The maximum atomic E-state index is 14.9. The number of benzene rings is 3. The number of alkyl halides is 5. The van der Waals surface area contributed by atoms with Gasteiger partial charge in [-0.05, 0) is 92.3 Å². The van der Waals surface area contributed by atoms with E-state index in [1.54, 1.807) is 6.07 Å². The first-order valence-electron chi connectivity index (χ1n) is 15.0. The van der Waals surface area contributed by atoms with Gasteiger partial charge in [0.05, 0.1) is 38.1 Å². The lowest BCUT2D eigenvalue weighted by atomic mass is 10.1. The average molecular weight is 681 g/mol. The molecule has 0 bridgehead atoms. The molecule has 0 radical (unpaired) electrons. The molecule has 0 atom stereocenters. The highest BCUT2D eigenvalue weighted by Gasteiger charge is 2.35. The van der Waals surface area contributed by atoms with Gasteiger partial charge >= 0.3 is 24.2 Å². The largest absolute Gasteiger partial charge is 0.493 e. The number of nitrogens with two attached hydrogens (primary N) is 2. The highest BCUT2D eigenvalue weighted by molar-refractivity contribution is 5.91. The Labute approximate surface area is 274 Å². The van der Waals surface area contributed by atoms with Gasteiger partial charge in [0.15, 0.2) is 11.5 Å². The van der Waals surface area contributed by atoms with Gasteiger partial charge in [-0.1, -0.05) is 12.1 Å². The molecule has 0 saturated heterocycles. The van der Waals surface area contributed by atoms with Crippen LogP contribution >= 0.6 is 0 Å². The Bertz CT molecular complexity index is 1510. The molecule has 260 valence electrons. The number of ether oxygens (including phenoxy) is 5. The van der Waals surface area contributed by atoms with Crippen LogP contribution < -0.4 is 25.7 Å². The summed E-state index contributed by atoms with van der Waals surface area (Å²) in [4.78, 5) is 24.1. The van der Waals surface area contributed by atoms with E-state index in [2.05, 4.69) is 0 Å². The minimum atomic E-state index is -4.32. The van der Waals surface area contributed by atoms with Crippen LogP contribution in [0.3, 0.4) is 0 Å². The molecule has 0 amide bonds. The molecule has 3 aromatic rings. The third kappa shape index (κ3) is 13.0. The van der Waals surface area contributed by atoms with E-state index in [9.17, 15) is 31.5 Å². The Hall–Kier alpha value is -5.01. The summed E-state index contributed by atoms with van der Waals surface area (Å²) < 4.78 is 92.3. The van der Waals surface area contributed by atoms with Crippen molar-refractivity contribution in [2.24, 2.45) is 0 Å². The average Bonchev–Trinajstić information content (AvgIpc) is 3.02. The Morgan fingerprint density at radius 2 is 1.40 bits per heavy atom. The number of nitrogen functional groups attached to an aromatic ring is 2. The third-order valence-electron chi connectivity index (χ3n) is 6.63. The summed E-state index contributed by atoms with van der Waals surface area (Å²) in [5, 5.41) is 0. The summed E-state index contributed by atoms with van der Waals surface area (Å²) in [6.07, 6.45) is -4.00. The van der Waals surface area contributed by atoms with Crippen molar-refractivity contribution < 1.29 is 55.2 Å². The van der Waals surface area contributed by atoms with Gasteiger partial charge in [-0.2, -0.15) is 22.0 Å². The summed E-state index contributed by atoms with van der Waals surface area (Å²) in [5.74, 6) is -1.30. The monoisotopic (exact) mass is 680 g/mol. The number of carbonyl (C=O) groups excluding carboxylic acids is 2. The van der Waals surface area contributed by atoms with E-state index in [4.69, 9.17) is 35.2 Å². The van der Waals surface area contributed by atoms with Gasteiger partial charge in [0.25, 0.3) is 0 Å². The van der Waals surface area contributed by atoms with Crippen LogP contribution in [-0.2, 0) is 20.4 Å². The van der Waals surface area contributed by atoms with Crippen molar-refractivity contribution >= 4 is 29.4 Å². The predicted octanol–water partition coefficient (Wildman–Crippen LogP) is 7.68.